The van der Waals surface area contributed by atoms with Crippen LogP contribution in [0.2, 0.25) is 0 Å². The number of hydrogen-bond donors (Lipinski definition) is 0. The highest BCUT2D eigenvalue weighted by atomic mass is 79.9. The molecule has 1 unspecified atom stereocenters. The Bertz CT molecular complexity index is 859. The number of rotatable bonds is 3. The number of nitrogens with zero attached hydrogens (tertiary/aromatic N) is 2. The van der Waals surface area contributed by atoms with Crippen LogP contribution in [0.3, 0.4) is 0 Å². The Morgan fingerprint density at radius 1 is 0.889 bits per heavy atom. The summed E-state index contributed by atoms with van der Waals surface area (Å²) in [6.45, 7) is 2.36. The fraction of sp³-hybridized carbons (Fsp3) is 0.429. The van der Waals surface area contributed by atoms with Gasteiger partial charge in [0.2, 0.25) is 0 Å². The maximum Gasteiger partial charge on any atom is 0.457 e. The summed E-state index contributed by atoms with van der Waals surface area (Å²) >= 11 is 3.25. The highest BCUT2D eigenvalue weighted by molar-refractivity contribution is 9.10. The number of benzene rings is 1. The summed E-state index contributed by atoms with van der Waals surface area (Å²) < 4.78 is 124. The lowest BCUT2D eigenvalue weighted by Gasteiger charge is -2.37. The van der Waals surface area contributed by atoms with Gasteiger partial charge in [0, 0.05) is 15.6 Å². The van der Waals surface area contributed by atoms with Crippen molar-refractivity contribution in [1.82, 2.24) is 9.59 Å². The van der Waals surface area contributed by atoms with Crippen molar-refractivity contribution in [3.05, 3.63) is 33.4 Å². The van der Waals surface area contributed by atoms with Crippen LogP contribution in [-0.4, -0.2) is 27.9 Å². The first-order valence-corrected chi connectivity index (χ1v) is 8.42. The molecule has 0 bridgehead atoms. The molecule has 0 aliphatic carbocycles. The summed E-state index contributed by atoms with van der Waals surface area (Å²) in [7, 11) is 0. The second-order valence-electron chi connectivity index (χ2n) is 5.59. The molecule has 2 aromatic rings. The third-order valence-corrected chi connectivity index (χ3v) is 5.13. The highest BCUT2D eigenvalue weighted by Crippen LogP contribution is 2.60. The molecule has 27 heavy (non-hydrogen) atoms. The van der Waals surface area contributed by atoms with E-state index < -0.39 is 35.1 Å². The predicted molar refractivity (Wildman–Crippen MR) is 82.4 cm³/mol. The van der Waals surface area contributed by atoms with E-state index in [1.54, 1.807) is 0 Å². The zero-order chi connectivity index (χ0) is 21.0. The van der Waals surface area contributed by atoms with Crippen molar-refractivity contribution in [1.29, 1.82) is 0 Å². The summed E-state index contributed by atoms with van der Waals surface area (Å²) in [5.74, 6) is -6.76. The van der Waals surface area contributed by atoms with Gasteiger partial charge in [-0.1, -0.05) is 26.5 Å². The zero-order valence-electron chi connectivity index (χ0n) is 13.2. The molecule has 0 N–H and O–H groups in total. The molecule has 0 spiro atoms. The van der Waals surface area contributed by atoms with Gasteiger partial charge in [0.25, 0.3) is 0 Å². The fourth-order valence-corrected chi connectivity index (χ4v) is 4.03. The first-order chi connectivity index (χ1) is 12.1. The van der Waals surface area contributed by atoms with E-state index in [-0.39, 0.29) is 20.6 Å². The van der Waals surface area contributed by atoms with E-state index in [4.69, 9.17) is 0 Å². The van der Waals surface area contributed by atoms with Gasteiger partial charge in [0.15, 0.2) is 0 Å². The van der Waals surface area contributed by atoms with Crippen molar-refractivity contribution < 1.29 is 39.5 Å². The lowest BCUT2D eigenvalue weighted by Crippen LogP contribution is -2.60. The van der Waals surface area contributed by atoms with Gasteiger partial charge in [-0.2, -0.15) is 35.1 Å². The van der Waals surface area contributed by atoms with Gasteiger partial charge in [0.1, 0.15) is 0 Å². The summed E-state index contributed by atoms with van der Waals surface area (Å²) in [5, 5.41) is 3.49. The Hall–Kier alpha value is -1.37. The van der Waals surface area contributed by atoms with Crippen molar-refractivity contribution in [2.45, 2.75) is 37.8 Å². The van der Waals surface area contributed by atoms with Crippen LogP contribution in [0.15, 0.2) is 16.6 Å². The quantitative estimate of drug-likeness (QED) is 0.462. The molecule has 2 nitrogen and oxygen atoms in total. The standard InChI is InChI=1S/C14H8BrF9N2S/c1-5-3-7(9(8(15)4-5)10-6(2)25-26-27-10)11(16,13(19,20)21)12(17,18)14(22,23)24/h3-4H,1-2H3. The van der Waals surface area contributed by atoms with Crippen LogP contribution in [0, 0.1) is 13.8 Å². The van der Waals surface area contributed by atoms with Gasteiger partial charge in [-0.15, -0.1) is 5.10 Å². The predicted octanol–water partition coefficient (Wildman–Crippen LogP) is 6.51. The molecule has 0 saturated heterocycles. The summed E-state index contributed by atoms with van der Waals surface area (Å²) in [6.07, 6.45) is -13.4. The molecule has 13 heteroatoms. The molecular weight excluding hydrogens is 479 g/mol. The molecule has 0 radical (unpaired) electrons. The van der Waals surface area contributed by atoms with E-state index in [1.807, 2.05) is 0 Å². The van der Waals surface area contributed by atoms with Crippen LogP contribution in [0.5, 0.6) is 0 Å². The molecule has 1 aromatic heterocycles. The number of aryl methyl sites for hydroxylation is 2. The number of aromatic nitrogens is 2. The normalized spacial score (nSPS) is 15.7. The minimum Gasteiger partial charge on any atom is -0.221 e. The number of alkyl halides is 9. The van der Waals surface area contributed by atoms with Crippen molar-refractivity contribution in [2.24, 2.45) is 0 Å². The molecular formula is C14H8BrF9N2S. The van der Waals surface area contributed by atoms with Crippen molar-refractivity contribution >= 4 is 27.5 Å². The summed E-state index contributed by atoms with van der Waals surface area (Å²) in [4.78, 5) is -0.277. The second kappa shape index (κ2) is 6.61. The maximum atomic E-state index is 15.0. The molecule has 1 aromatic carbocycles. The molecule has 150 valence electrons. The molecule has 0 fully saturated rings. The molecule has 1 atom stereocenters. The minimum absolute atomic E-state index is 0.0642. The van der Waals surface area contributed by atoms with E-state index in [2.05, 4.69) is 25.5 Å². The van der Waals surface area contributed by atoms with Crippen LogP contribution in [0.1, 0.15) is 16.8 Å². The smallest absolute Gasteiger partial charge is 0.221 e. The van der Waals surface area contributed by atoms with Crippen LogP contribution in [0.25, 0.3) is 10.4 Å². The van der Waals surface area contributed by atoms with Crippen LogP contribution in [-0.2, 0) is 5.67 Å². The number of halogens is 10. The average molecular weight is 487 g/mol. The molecule has 0 aliphatic rings. The van der Waals surface area contributed by atoms with Crippen LogP contribution >= 0.6 is 27.5 Å². The topological polar surface area (TPSA) is 25.8 Å². The zero-order valence-corrected chi connectivity index (χ0v) is 15.6. The number of hydrogen-bond acceptors (Lipinski definition) is 3. The van der Waals surface area contributed by atoms with Gasteiger partial charge < -0.3 is 0 Å². The maximum absolute atomic E-state index is 15.0. The van der Waals surface area contributed by atoms with Gasteiger partial charge in [-0.05, 0) is 37.0 Å². The van der Waals surface area contributed by atoms with Gasteiger partial charge in [-0.25, -0.2) is 4.39 Å². The second-order valence-corrected chi connectivity index (χ2v) is 7.19. The van der Waals surface area contributed by atoms with Crippen molar-refractivity contribution in [2.75, 3.05) is 0 Å². The Labute approximate surface area is 158 Å². The Balaban J connectivity index is 3.01. The largest absolute Gasteiger partial charge is 0.457 e. The Kier molecular flexibility index (Phi) is 5.36. The highest BCUT2D eigenvalue weighted by Gasteiger charge is 2.82. The SMILES string of the molecule is Cc1cc(Br)c(-c2snnc2C)c(C(F)(C(F)(F)F)C(F)(F)C(F)(F)F)c1. The third kappa shape index (κ3) is 3.32. The molecule has 0 saturated carbocycles. The molecule has 2 rings (SSSR count). The lowest BCUT2D eigenvalue weighted by atomic mass is 9.83. The van der Waals surface area contributed by atoms with Gasteiger partial charge >= 0.3 is 23.9 Å². The molecule has 0 aliphatic heterocycles. The lowest BCUT2D eigenvalue weighted by molar-refractivity contribution is -0.389. The first-order valence-electron chi connectivity index (χ1n) is 6.85. The van der Waals surface area contributed by atoms with Gasteiger partial charge in [-0.3, -0.25) is 0 Å². The fourth-order valence-electron chi connectivity index (χ4n) is 2.40. The van der Waals surface area contributed by atoms with E-state index in [0.29, 0.717) is 17.6 Å². The minimum atomic E-state index is -6.80. The van der Waals surface area contributed by atoms with E-state index in [9.17, 15) is 39.5 Å². The van der Waals surface area contributed by atoms with E-state index in [1.165, 1.54) is 6.92 Å². The monoisotopic (exact) mass is 486 g/mol. The van der Waals surface area contributed by atoms with E-state index >= 15 is 0 Å². The molecule has 1 heterocycles. The van der Waals surface area contributed by atoms with Crippen LogP contribution < -0.4 is 0 Å². The molecule has 0 amide bonds. The Morgan fingerprint density at radius 3 is 1.85 bits per heavy atom. The third-order valence-electron chi connectivity index (χ3n) is 3.66. The first kappa shape index (κ1) is 21.9. The summed E-state index contributed by atoms with van der Waals surface area (Å²) in [6, 6.07) is 1.47. The average Bonchev–Trinajstić information content (AvgIpc) is 2.88. The van der Waals surface area contributed by atoms with E-state index in [0.717, 1.165) is 13.0 Å². The van der Waals surface area contributed by atoms with Crippen molar-refractivity contribution in [3.8, 4) is 10.4 Å². The Morgan fingerprint density at radius 2 is 1.44 bits per heavy atom. The summed E-state index contributed by atoms with van der Waals surface area (Å²) in [5.41, 5.74) is -8.97. The van der Waals surface area contributed by atoms with Crippen LogP contribution in [0.4, 0.5) is 39.5 Å². The van der Waals surface area contributed by atoms with Gasteiger partial charge in [0.05, 0.1) is 10.6 Å². The van der Waals surface area contributed by atoms with Crippen molar-refractivity contribution in [3.63, 3.8) is 0 Å².